The highest BCUT2D eigenvalue weighted by atomic mass is 32.2. The minimum absolute atomic E-state index is 0.625. The fourth-order valence-electron chi connectivity index (χ4n) is 1.84. The third kappa shape index (κ3) is 2.86. The Bertz CT molecular complexity index is 703. The highest BCUT2D eigenvalue weighted by Gasteiger charge is 2.08. The second-order valence-corrected chi connectivity index (χ2v) is 6.58. The van der Waals surface area contributed by atoms with Gasteiger partial charge in [-0.1, -0.05) is 29.5 Å². The van der Waals surface area contributed by atoms with E-state index in [-0.39, 0.29) is 0 Å². The van der Waals surface area contributed by atoms with Gasteiger partial charge in [0.25, 0.3) is 0 Å². The Morgan fingerprint density at radius 3 is 2.75 bits per heavy atom. The van der Waals surface area contributed by atoms with Crippen LogP contribution in [-0.4, -0.2) is 14.8 Å². The van der Waals surface area contributed by atoms with E-state index in [0.29, 0.717) is 5.13 Å². The van der Waals surface area contributed by atoms with E-state index in [1.54, 1.807) is 11.8 Å². The molecule has 0 atom stereocenters. The first kappa shape index (κ1) is 13.2. The zero-order chi connectivity index (χ0) is 13.9. The lowest BCUT2D eigenvalue weighted by atomic mass is 10.3. The number of para-hydroxylation sites is 1. The molecule has 1 aromatic carbocycles. The summed E-state index contributed by atoms with van der Waals surface area (Å²) in [5.41, 5.74) is 8.82. The Balaban J connectivity index is 1.70. The van der Waals surface area contributed by atoms with Crippen molar-refractivity contribution in [3.63, 3.8) is 0 Å². The average Bonchev–Trinajstić information content (AvgIpc) is 3.04. The average molecular weight is 302 g/mol. The Labute approximate surface area is 125 Å². The summed E-state index contributed by atoms with van der Waals surface area (Å²) in [6.07, 6.45) is 1.99. The molecular weight excluding hydrogens is 288 g/mol. The first-order chi connectivity index (χ1) is 9.72. The van der Waals surface area contributed by atoms with Gasteiger partial charge in [-0.25, -0.2) is 9.67 Å². The van der Waals surface area contributed by atoms with Gasteiger partial charge in [-0.05, 0) is 25.1 Å². The summed E-state index contributed by atoms with van der Waals surface area (Å²) in [7, 11) is 0. The van der Waals surface area contributed by atoms with Crippen molar-refractivity contribution < 1.29 is 0 Å². The second-order valence-electron chi connectivity index (χ2n) is 4.30. The van der Waals surface area contributed by atoms with Crippen molar-refractivity contribution in [1.82, 2.24) is 14.8 Å². The number of aryl methyl sites for hydroxylation is 1. The van der Waals surface area contributed by atoms with Gasteiger partial charge in [0.15, 0.2) is 5.13 Å². The third-order valence-electron chi connectivity index (χ3n) is 2.79. The molecule has 0 fully saturated rings. The highest BCUT2D eigenvalue weighted by Crippen LogP contribution is 2.32. The molecule has 0 aliphatic heterocycles. The molecule has 20 heavy (non-hydrogen) atoms. The van der Waals surface area contributed by atoms with E-state index in [0.717, 1.165) is 27.0 Å². The molecule has 2 heterocycles. The number of hydrogen-bond donors (Lipinski definition) is 1. The number of anilines is 1. The van der Waals surface area contributed by atoms with Gasteiger partial charge in [0, 0.05) is 11.9 Å². The number of nitrogen functional groups attached to an aromatic ring is 1. The summed E-state index contributed by atoms with van der Waals surface area (Å²) in [4.78, 5) is 4.23. The second kappa shape index (κ2) is 5.68. The molecule has 0 aliphatic rings. The lowest BCUT2D eigenvalue weighted by Gasteiger charge is -2.00. The number of nitrogens with two attached hydrogens (primary N) is 1. The van der Waals surface area contributed by atoms with E-state index in [9.17, 15) is 0 Å². The Hall–Kier alpha value is -1.79. The maximum absolute atomic E-state index is 5.70. The van der Waals surface area contributed by atoms with E-state index in [4.69, 9.17) is 5.73 Å². The number of thiazole rings is 1. The summed E-state index contributed by atoms with van der Waals surface area (Å²) < 4.78 is 3.06. The molecule has 0 aliphatic carbocycles. The molecule has 0 unspecified atom stereocenters. The van der Waals surface area contributed by atoms with Crippen LogP contribution in [0.2, 0.25) is 0 Å². The number of thioether (sulfide) groups is 1. The maximum Gasteiger partial charge on any atom is 0.181 e. The van der Waals surface area contributed by atoms with Gasteiger partial charge in [-0.15, -0.1) is 11.8 Å². The summed E-state index contributed by atoms with van der Waals surface area (Å²) in [5, 5.41) is 5.21. The molecule has 2 N–H and O–H groups in total. The van der Waals surface area contributed by atoms with Crippen LogP contribution in [0.4, 0.5) is 5.13 Å². The Morgan fingerprint density at radius 2 is 2.05 bits per heavy atom. The molecule has 0 radical (unpaired) electrons. The Morgan fingerprint density at radius 1 is 1.25 bits per heavy atom. The van der Waals surface area contributed by atoms with Crippen molar-refractivity contribution >= 4 is 28.2 Å². The molecule has 0 spiro atoms. The lowest BCUT2D eigenvalue weighted by molar-refractivity contribution is 0.859. The summed E-state index contributed by atoms with van der Waals surface area (Å²) >= 11 is 3.26. The highest BCUT2D eigenvalue weighted by molar-refractivity contribution is 8.00. The number of hydrogen-bond acceptors (Lipinski definition) is 5. The van der Waals surface area contributed by atoms with E-state index in [1.807, 2.05) is 54.2 Å². The van der Waals surface area contributed by atoms with Crippen LogP contribution in [0.3, 0.4) is 0 Å². The van der Waals surface area contributed by atoms with Crippen LogP contribution in [0.5, 0.6) is 0 Å². The van der Waals surface area contributed by atoms with Gasteiger partial charge < -0.3 is 5.73 Å². The molecule has 0 bridgehead atoms. The first-order valence-corrected chi connectivity index (χ1v) is 7.98. The quantitative estimate of drug-likeness (QED) is 0.749. The van der Waals surface area contributed by atoms with Crippen LogP contribution in [-0.2, 0) is 5.75 Å². The first-order valence-electron chi connectivity index (χ1n) is 6.18. The molecule has 102 valence electrons. The maximum atomic E-state index is 5.70. The van der Waals surface area contributed by atoms with Gasteiger partial charge >= 0.3 is 0 Å². The summed E-state index contributed by atoms with van der Waals surface area (Å²) in [6, 6.07) is 12.1. The smallest absolute Gasteiger partial charge is 0.181 e. The lowest BCUT2D eigenvalue weighted by Crippen LogP contribution is -1.94. The predicted octanol–water partition coefficient (Wildman–Crippen LogP) is 3.51. The van der Waals surface area contributed by atoms with Crippen LogP contribution in [0.25, 0.3) is 5.69 Å². The van der Waals surface area contributed by atoms with Crippen LogP contribution >= 0.6 is 23.1 Å². The van der Waals surface area contributed by atoms with Gasteiger partial charge in [0.1, 0.15) is 0 Å². The van der Waals surface area contributed by atoms with Crippen molar-refractivity contribution in [3.05, 3.63) is 54.0 Å². The van der Waals surface area contributed by atoms with Crippen LogP contribution < -0.4 is 5.73 Å². The molecule has 4 nitrogen and oxygen atoms in total. The number of rotatable bonds is 4. The zero-order valence-corrected chi connectivity index (χ0v) is 12.6. The Kier molecular flexibility index (Phi) is 3.75. The zero-order valence-electron chi connectivity index (χ0n) is 11.0. The third-order valence-corrected chi connectivity index (χ3v) is 5.17. The van der Waals surface area contributed by atoms with Gasteiger partial charge in [0.05, 0.1) is 21.3 Å². The molecule has 3 aromatic rings. The summed E-state index contributed by atoms with van der Waals surface area (Å²) in [5.74, 6) is 0.822. The van der Waals surface area contributed by atoms with Crippen molar-refractivity contribution in [2.24, 2.45) is 0 Å². The minimum atomic E-state index is 0.625. The van der Waals surface area contributed by atoms with Gasteiger partial charge in [-0.3, -0.25) is 0 Å². The largest absolute Gasteiger partial charge is 0.375 e. The molecule has 6 heteroatoms. The standard InChI is InChI=1S/C14H14N4S2/c1-10-13(20-14(15)16-10)19-9-11-7-8-18(17-11)12-5-3-2-4-6-12/h2-8H,9H2,1H3,(H2,15,16). The normalized spacial score (nSPS) is 10.8. The van der Waals surface area contributed by atoms with Crippen LogP contribution in [0.1, 0.15) is 11.4 Å². The monoisotopic (exact) mass is 302 g/mol. The molecule has 0 saturated heterocycles. The molecule has 2 aromatic heterocycles. The van der Waals surface area contributed by atoms with Crippen molar-refractivity contribution in [2.45, 2.75) is 16.9 Å². The van der Waals surface area contributed by atoms with Crippen molar-refractivity contribution in [1.29, 1.82) is 0 Å². The van der Waals surface area contributed by atoms with Crippen molar-refractivity contribution in [3.8, 4) is 5.69 Å². The van der Waals surface area contributed by atoms with Crippen LogP contribution in [0, 0.1) is 6.92 Å². The van der Waals surface area contributed by atoms with Crippen LogP contribution in [0.15, 0.2) is 46.8 Å². The molecule has 0 amide bonds. The predicted molar refractivity (Wildman–Crippen MR) is 84.4 cm³/mol. The van der Waals surface area contributed by atoms with E-state index in [2.05, 4.69) is 10.1 Å². The molecule has 0 saturated carbocycles. The van der Waals surface area contributed by atoms with Gasteiger partial charge in [0.2, 0.25) is 0 Å². The van der Waals surface area contributed by atoms with E-state index >= 15 is 0 Å². The number of nitrogens with zero attached hydrogens (tertiary/aromatic N) is 3. The summed E-state index contributed by atoms with van der Waals surface area (Å²) in [6.45, 7) is 1.98. The van der Waals surface area contributed by atoms with Gasteiger partial charge in [-0.2, -0.15) is 5.10 Å². The molecular formula is C14H14N4S2. The fourth-order valence-corrected chi connectivity index (χ4v) is 3.76. The number of aromatic nitrogens is 3. The number of benzene rings is 1. The topological polar surface area (TPSA) is 56.7 Å². The van der Waals surface area contributed by atoms with Crippen molar-refractivity contribution in [2.75, 3.05) is 5.73 Å². The molecule has 3 rings (SSSR count). The SMILES string of the molecule is Cc1nc(N)sc1SCc1ccn(-c2ccccc2)n1. The van der Waals surface area contributed by atoms with E-state index < -0.39 is 0 Å². The fraction of sp³-hybridized carbons (Fsp3) is 0.143. The van der Waals surface area contributed by atoms with E-state index in [1.165, 1.54) is 11.3 Å². The minimum Gasteiger partial charge on any atom is -0.375 e.